The zero-order valence-electron chi connectivity index (χ0n) is 12.4. The summed E-state index contributed by atoms with van der Waals surface area (Å²) in [7, 11) is 0. The van der Waals surface area contributed by atoms with Gasteiger partial charge in [-0.3, -0.25) is 9.97 Å². The molecule has 0 spiro atoms. The molecule has 0 amide bonds. The van der Waals surface area contributed by atoms with Gasteiger partial charge in [0.25, 0.3) is 0 Å². The lowest BCUT2D eigenvalue weighted by molar-refractivity contribution is 0.0478. The highest BCUT2D eigenvalue weighted by Gasteiger charge is 2.14. The molecule has 0 aromatic carbocycles. The number of carbonyl (C=O) groups excluding carboxylic acids is 1. The highest BCUT2D eigenvalue weighted by atomic mass is 32.1. The summed E-state index contributed by atoms with van der Waals surface area (Å²) in [5.74, 6) is -1.61. The molecule has 3 heterocycles. The number of rotatable bonds is 5. The summed E-state index contributed by atoms with van der Waals surface area (Å²) in [6.45, 7) is 0.0709. The second-order valence-electron chi connectivity index (χ2n) is 4.81. The van der Waals surface area contributed by atoms with Crippen molar-refractivity contribution in [3.05, 3.63) is 70.2 Å². The van der Waals surface area contributed by atoms with Crippen LogP contribution in [0.3, 0.4) is 0 Å². The molecular formula is C17H12N2O4S. The average molecular weight is 340 g/mol. The minimum absolute atomic E-state index is 0.0709. The Labute approximate surface area is 141 Å². The monoisotopic (exact) mass is 340 g/mol. The lowest BCUT2D eigenvalue weighted by Crippen LogP contribution is -2.03. The average Bonchev–Trinajstić information content (AvgIpc) is 3.11. The van der Waals surface area contributed by atoms with Crippen molar-refractivity contribution in [2.45, 2.75) is 6.61 Å². The number of hydrogen-bond acceptors (Lipinski definition) is 6. The van der Waals surface area contributed by atoms with E-state index in [2.05, 4.69) is 9.97 Å². The maximum absolute atomic E-state index is 12.0. The maximum Gasteiger partial charge on any atom is 0.348 e. The number of aromatic carboxylic acids is 1. The summed E-state index contributed by atoms with van der Waals surface area (Å²) in [6, 6.07) is 11.9. The molecule has 0 saturated heterocycles. The first-order valence-electron chi connectivity index (χ1n) is 7.00. The van der Waals surface area contributed by atoms with E-state index in [-0.39, 0.29) is 16.4 Å². The van der Waals surface area contributed by atoms with Gasteiger partial charge >= 0.3 is 11.9 Å². The summed E-state index contributed by atoms with van der Waals surface area (Å²) < 4.78 is 5.23. The Morgan fingerprint density at radius 1 is 1.00 bits per heavy atom. The molecule has 0 aliphatic rings. The fraction of sp³-hybridized carbons (Fsp3) is 0.0588. The lowest BCUT2D eigenvalue weighted by Gasteiger charge is -2.05. The van der Waals surface area contributed by atoms with Crippen LogP contribution in [0.4, 0.5) is 0 Å². The van der Waals surface area contributed by atoms with Crippen LogP contribution in [0.15, 0.2) is 54.9 Å². The molecule has 3 rings (SSSR count). The van der Waals surface area contributed by atoms with Gasteiger partial charge in [0.05, 0.1) is 11.4 Å². The van der Waals surface area contributed by atoms with Crippen LogP contribution in [0.5, 0.6) is 0 Å². The van der Waals surface area contributed by atoms with Gasteiger partial charge in [-0.2, -0.15) is 0 Å². The van der Waals surface area contributed by atoms with Crippen LogP contribution in [0.2, 0.25) is 0 Å². The van der Waals surface area contributed by atoms with Crippen molar-refractivity contribution in [3.63, 3.8) is 0 Å². The molecular weight excluding hydrogens is 328 g/mol. The fourth-order valence-electron chi connectivity index (χ4n) is 2.00. The van der Waals surface area contributed by atoms with Crippen molar-refractivity contribution in [2.75, 3.05) is 0 Å². The van der Waals surface area contributed by atoms with Crippen LogP contribution >= 0.6 is 11.3 Å². The second-order valence-corrected chi connectivity index (χ2v) is 5.89. The molecule has 0 aliphatic heterocycles. The molecule has 0 fully saturated rings. The third kappa shape index (κ3) is 3.64. The van der Waals surface area contributed by atoms with Gasteiger partial charge in [-0.25, -0.2) is 9.59 Å². The minimum atomic E-state index is -1.06. The number of pyridine rings is 2. The van der Waals surface area contributed by atoms with E-state index in [9.17, 15) is 9.59 Å². The molecule has 0 radical (unpaired) electrons. The van der Waals surface area contributed by atoms with Crippen LogP contribution < -0.4 is 0 Å². The Hall–Kier alpha value is -3.06. The lowest BCUT2D eigenvalue weighted by atomic mass is 10.2. The fourth-order valence-corrected chi connectivity index (χ4v) is 2.74. The number of ether oxygens (including phenoxy) is 1. The summed E-state index contributed by atoms with van der Waals surface area (Å²) in [4.78, 5) is 31.6. The van der Waals surface area contributed by atoms with E-state index in [0.29, 0.717) is 5.69 Å². The van der Waals surface area contributed by atoms with Gasteiger partial charge in [-0.1, -0.05) is 6.07 Å². The molecule has 3 aromatic heterocycles. The van der Waals surface area contributed by atoms with Crippen LogP contribution in [0, 0.1) is 0 Å². The predicted molar refractivity (Wildman–Crippen MR) is 87.9 cm³/mol. The van der Waals surface area contributed by atoms with Gasteiger partial charge in [0.1, 0.15) is 16.4 Å². The Morgan fingerprint density at radius 3 is 2.50 bits per heavy atom. The highest BCUT2D eigenvalue weighted by molar-refractivity contribution is 7.15. The molecule has 1 N–H and O–H groups in total. The van der Waals surface area contributed by atoms with Gasteiger partial charge in [0.15, 0.2) is 0 Å². The van der Waals surface area contributed by atoms with E-state index in [1.807, 2.05) is 18.2 Å². The van der Waals surface area contributed by atoms with Gasteiger partial charge < -0.3 is 9.84 Å². The summed E-state index contributed by atoms with van der Waals surface area (Å²) in [5, 5.41) is 8.87. The van der Waals surface area contributed by atoms with Crippen molar-refractivity contribution >= 4 is 23.3 Å². The smallest absolute Gasteiger partial charge is 0.348 e. The number of aromatic nitrogens is 2. The topological polar surface area (TPSA) is 89.4 Å². The number of thiophene rings is 1. The molecule has 24 heavy (non-hydrogen) atoms. The Kier molecular flexibility index (Phi) is 4.62. The molecule has 0 bridgehead atoms. The normalized spacial score (nSPS) is 10.3. The number of carboxylic acid groups (broad SMARTS) is 1. The van der Waals surface area contributed by atoms with Gasteiger partial charge in [0.2, 0.25) is 0 Å². The second kappa shape index (κ2) is 7.01. The summed E-state index contributed by atoms with van der Waals surface area (Å²) in [5.41, 5.74) is 2.19. The van der Waals surface area contributed by atoms with E-state index in [0.717, 1.165) is 22.6 Å². The standard InChI is InChI=1S/C17H12N2O4S/c20-16(21)14-4-5-15(24-14)17(22)23-10-11-6-8-19-13(9-11)12-3-1-2-7-18-12/h1-9H,10H2,(H,20,21). The van der Waals surface area contributed by atoms with E-state index in [4.69, 9.17) is 9.84 Å². The number of nitrogens with zero attached hydrogens (tertiary/aromatic N) is 2. The van der Waals surface area contributed by atoms with Crippen LogP contribution in [-0.4, -0.2) is 27.0 Å². The molecule has 0 atom stereocenters. The van der Waals surface area contributed by atoms with Crippen molar-refractivity contribution in [1.29, 1.82) is 0 Å². The molecule has 3 aromatic rings. The van der Waals surface area contributed by atoms with E-state index < -0.39 is 11.9 Å². The SMILES string of the molecule is O=C(O)c1ccc(C(=O)OCc2ccnc(-c3ccccn3)c2)s1. The zero-order chi connectivity index (χ0) is 16.9. The van der Waals surface area contributed by atoms with Crippen LogP contribution in [-0.2, 0) is 11.3 Å². The summed E-state index contributed by atoms with van der Waals surface area (Å²) >= 11 is 0.888. The Balaban J connectivity index is 1.68. The zero-order valence-corrected chi connectivity index (χ0v) is 13.2. The van der Waals surface area contributed by atoms with E-state index in [1.165, 1.54) is 12.1 Å². The van der Waals surface area contributed by atoms with Crippen molar-refractivity contribution < 1.29 is 19.4 Å². The predicted octanol–water partition coefficient (Wildman–Crippen LogP) is 3.26. The molecule has 0 unspecified atom stereocenters. The van der Waals surface area contributed by atoms with Crippen LogP contribution in [0.1, 0.15) is 24.9 Å². The molecule has 0 aliphatic carbocycles. The van der Waals surface area contributed by atoms with E-state index >= 15 is 0 Å². The van der Waals surface area contributed by atoms with Crippen molar-refractivity contribution in [2.24, 2.45) is 0 Å². The third-order valence-electron chi connectivity index (χ3n) is 3.14. The van der Waals surface area contributed by atoms with Crippen molar-refractivity contribution in [3.8, 4) is 11.4 Å². The van der Waals surface area contributed by atoms with Crippen molar-refractivity contribution in [1.82, 2.24) is 9.97 Å². The molecule has 0 saturated carbocycles. The molecule has 6 nitrogen and oxygen atoms in total. The van der Waals surface area contributed by atoms with Gasteiger partial charge in [-0.05, 0) is 42.0 Å². The summed E-state index contributed by atoms with van der Waals surface area (Å²) in [6.07, 6.45) is 3.31. The van der Waals surface area contributed by atoms with E-state index in [1.54, 1.807) is 24.5 Å². The minimum Gasteiger partial charge on any atom is -0.477 e. The first kappa shape index (κ1) is 15.8. The highest BCUT2D eigenvalue weighted by Crippen LogP contribution is 2.19. The number of carbonyl (C=O) groups is 2. The third-order valence-corrected chi connectivity index (χ3v) is 4.19. The maximum atomic E-state index is 12.0. The number of esters is 1. The van der Waals surface area contributed by atoms with Crippen LogP contribution in [0.25, 0.3) is 11.4 Å². The first-order valence-corrected chi connectivity index (χ1v) is 7.82. The Bertz CT molecular complexity index is 877. The van der Waals surface area contributed by atoms with Gasteiger partial charge in [-0.15, -0.1) is 11.3 Å². The van der Waals surface area contributed by atoms with Gasteiger partial charge in [0, 0.05) is 12.4 Å². The largest absolute Gasteiger partial charge is 0.477 e. The number of carboxylic acids is 1. The Morgan fingerprint density at radius 2 is 1.79 bits per heavy atom. The quantitative estimate of drug-likeness (QED) is 0.717. The molecule has 120 valence electrons. The first-order chi connectivity index (χ1) is 11.6. The molecule has 7 heteroatoms. The number of hydrogen-bond donors (Lipinski definition) is 1.